The van der Waals surface area contributed by atoms with Crippen LogP contribution in [-0.4, -0.2) is 37.4 Å². The average molecular weight is 395 g/mol. The number of aromatic amines is 1. The molecule has 3 rings (SSSR count). The van der Waals surface area contributed by atoms with Gasteiger partial charge in [0.05, 0.1) is 4.90 Å². The molecule has 2 heterocycles. The van der Waals surface area contributed by atoms with E-state index in [1.165, 1.54) is 0 Å². The third kappa shape index (κ3) is 4.11. The second-order valence-electron chi connectivity index (χ2n) is 6.16. The average Bonchev–Trinajstić information content (AvgIpc) is 2.64. The third-order valence-corrected chi connectivity index (χ3v) is 6.77. The SMILES string of the molecule is CN(CCCn1c2c(c(=O)[nH]c1=O)CSCC2)S(=O)c1ccc(N)cc1. The predicted molar refractivity (Wildman–Crippen MR) is 106 cm³/mol. The minimum absolute atomic E-state index is 0.268. The van der Waals surface area contributed by atoms with Crippen LogP contribution in [0.15, 0.2) is 38.8 Å². The molecule has 1 aliphatic heterocycles. The molecule has 1 unspecified atom stereocenters. The molecule has 1 aliphatic rings. The summed E-state index contributed by atoms with van der Waals surface area (Å²) >= 11 is 1.70. The molecule has 140 valence electrons. The molecule has 0 fully saturated rings. The quantitative estimate of drug-likeness (QED) is 0.711. The first-order valence-electron chi connectivity index (χ1n) is 8.38. The van der Waals surface area contributed by atoms with Gasteiger partial charge in [-0.1, -0.05) is 0 Å². The van der Waals surface area contributed by atoms with Gasteiger partial charge >= 0.3 is 5.69 Å². The third-order valence-electron chi connectivity index (χ3n) is 4.36. The highest BCUT2D eigenvalue weighted by Crippen LogP contribution is 2.20. The lowest BCUT2D eigenvalue weighted by molar-refractivity contribution is 0.468. The highest BCUT2D eigenvalue weighted by molar-refractivity contribution is 7.98. The molecule has 0 saturated carbocycles. The van der Waals surface area contributed by atoms with Crippen molar-refractivity contribution in [2.24, 2.45) is 0 Å². The molecule has 1 aromatic carbocycles. The summed E-state index contributed by atoms with van der Waals surface area (Å²) in [6, 6.07) is 6.96. The number of nitrogens with two attached hydrogens (primary N) is 1. The van der Waals surface area contributed by atoms with E-state index in [4.69, 9.17) is 5.73 Å². The van der Waals surface area contributed by atoms with Gasteiger partial charge in [0.1, 0.15) is 11.0 Å². The zero-order valence-electron chi connectivity index (χ0n) is 14.6. The zero-order chi connectivity index (χ0) is 18.7. The number of nitrogens with one attached hydrogen (secondary N) is 1. The fourth-order valence-corrected chi connectivity index (χ4v) is 4.98. The van der Waals surface area contributed by atoms with Crippen molar-refractivity contribution in [3.05, 3.63) is 56.4 Å². The smallest absolute Gasteiger partial charge is 0.328 e. The molecule has 26 heavy (non-hydrogen) atoms. The summed E-state index contributed by atoms with van der Waals surface area (Å²) in [6.07, 6.45) is 1.38. The van der Waals surface area contributed by atoms with Gasteiger partial charge in [-0.05, 0) is 42.9 Å². The predicted octanol–water partition coefficient (Wildman–Crippen LogP) is 0.953. The first kappa shape index (κ1) is 18.9. The lowest BCUT2D eigenvalue weighted by Gasteiger charge is -2.21. The van der Waals surface area contributed by atoms with Crippen molar-refractivity contribution in [2.45, 2.75) is 30.0 Å². The van der Waals surface area contributed by atoms with Crippen LogP contribution < -0.4 is 17.0 Å². The van der Waals surface area contributed by atoms with E-state index in [2.05, 4.69) is 4.98 Å². The van der Waals surface area contributed by atoms with Crippen LogP contribution in [0, 0.1) is 0 Å². The number of thioether (sulfide) groups is 1. The molecule has 9 heteroatoms. The largest absolute Gasteiger partial charge is 0.399 e. The number of H-pyrrole nitrogens is 1. The highest BCUT2D eigenvalue weighted by atomic mass is 32.2. The molecule has 1 aromatic heterocycles. The van der Waals surface area contributed by atoms with Gasteiger partial charge in [0.2, 0.25) is 0 Å². The highest BCUT2D eigenvalue weighted by Gasteiger charge is 2.18. The van der Waals surface area contributed by atoms with Crippen LogP contribution in [0.3, 0.4) is 0 Å². The van der Waals surface area contributed by atoms with Crippen LogP contribution in [-0.2, 0) is 29.7 Å². The summed E-state index contributed by atoms with van der Waals surface area (Å²) in [5, 5.41) is 0. The number of rotatable bonds is 6. The van der Waals surface area contributed by atoms with E-state index in [0.717, 1.165) is 17.9 Å². The Morgan fingerprint density at radius 1 is 1.31 bits per heavy atom. The van der Waals surface area contributed by atoms with Gasteiger partial charge in [0.15, 0.2) is 0 Å². The maximum atomic E-state index is 12.5. The minimum atomic E-state index is -1.28. The molecular formula is C17H22N4O3S2. The van der Waals surface area contributed by atoms with Crippen molar-refractivity contribution in [1.82, 2.24) is 13.9 Å². The Morgan fingerprint density at radius 3 is 2.77 bits per heavy atom. The number of hydrogen-bond acceptors (Lipinski definition) is 5. The number of fused-ring (bicyclic) bond motifs is 1. The summed E-state index contributed by atoms with van der Waals surface area (Å²) in [7, 11) is 0.510. The number of hydrogen-bond donors (Lipinski definition) is 2. The summed E-state index contributed by atoms with van der Waals surface area (Å²) in [5.74, 6) is 1.56. The van der Waals surface area contributed by atoms with Crippen LogP contribution >= 0.6 is 11.8 Å². The van der Waals surface area contributed by atoms with Crippen molar-refractivity contribution < 1.29 is 4.21 Å². The van der Waals surface area contributed by atoms with E-state index in [0.29, 0.717) is 41.4 Å². The van der Waals surface area contributed by atoms with E-state index < -0.39 is 11.0 Å². The molecular weight excluding hydrogens is 372 g/mol. The Labute approximate surface area is 158 Å². The maximum Gasteiger partial charge on any atom is 0.328 e. The normalized spacial score (nSPS) is 15.0. The summed E-state index contributed by atoms with van der Waals surface area (Å²) in [4.78, 5) is 27.2. The number of nitrogen functional groups attached to an aromatic ring is 1. The van der Waals surface area contributed by atoms with Crippen molar-refractivity contribution in [3.63, 3.8) is 0 Å². The first-order valence-corrected chi connectivity index (χ1v) is 10.6. The second kappa shape index (κ2) is 8.24. The molecule has 2 aromatic rings. The van der Waals surface area contributed by atoms with Gasteiger partial charge < -0.3 is 5.73 Å². The summed E-state index contributed by atoms with van der Waals surface area (Å²) < 4.78 is 15.9. The molecule has 1 atom stereocenters. The zero-order valence-corrected chi connectivity index (χ0v) is 16.2. The van der Waals surface area contributed by atoms with E-state index in [-0.39, 0.29) is 11.2 Å². The minimum Gasteiger partial charge on any atom is -0.399 e. The molecule has 3 N–H and O–H groups in total. The Morgan fingerprint density at radius 2 is 2.04 bits per heavy atom. The van der Waals surface area contributed by atoms with Gasteiger partial charge in [0, 0.05) is 42.8 Å². The van der Waals surface area contributed by atoms with E-state index in [1.54, 1.807) is 51.9 Å². The number of nitrogens with zero attached hydrogens (tertiary/aromatic N) is 2. The molecule has 0 spiro atoms. The lowest BCUT2D eigenvalue weighted by Crippen LogP contribution is -2.37. The monoisotopic (exact) mass is 394 g/mol. The number of benzene rings is 1. The first-order chi connectivity index (χ1) is 12.5. The fraction of sp³-hybridized carbons (Fsp3) is 0.412. The standard InChI is InChI=1S/C17H22N4O3S2/c1-20(26(24)13-5-3-12(18)4-6-13)8-2-9-21-15-7-10-25-11-14(15)16(22)19-17(21)23/h3-6H,2,7-11,18H2,1H3,(H,19,22,23). The molecule has 0 aliphatic carbocycles. The van der Waals surface area contributed by atoms with E-state index in [1.807, 2.05) is 0 Å². The molecule has 0 bridgehead atoms. The van der Waals surface area contributed by atoms with Crippen molar-refractivity contribution in [1.29, 1.82) is 0 Å². The van der Waals surface area contributed by atoms with Gasteiger partial charge in [-0.15, -0.1) is 0 Å². The molecule has 7 nitrogen and oxygen atoms in total. The Kier molecular flexibility index (Phi) is 6.00. The van der Waals surface area contributed by atoms with Crippen LogP contribution in [0.2, 0.25) is 0 Å². The van der Waals surface area contributed by atoms with E-state index >= 15 is 0 Å². The van der Waals surface area contributed by atoms with E-state index in [9.17, 15) is 13.8 Å². The lowest BCUT2D eigenvalue weighted by atomic mass is 10.2. The van der Waals surface area contributed by atoms with Crippen LogP contribution in [0.1, 0.15) is 17.7 Å². The number of aromatic nitrogens is 2. The maximum absolute atomic E-state index is 12.5. The fourth-order valence-electron chi connectivity index (χ4n) is 2.97. The Bertz CT molecular complexity index is 921. The Hall–Kier alpha value is -1.84. The molecule has 0 radical (unpaired) electrons. The van der Waals surface area contributed by atoms with Gasteiger partial charge in [-0.25, -0.2) is 13.3 Å². The van der Waals surface area contributed by atoms with Crippen molar-refractivity contribution in [3.8, 4) is 0 Å². The van der Waals surface area contributed by atoms with Gasteiger partial charge in [-0.3, -0.25) is 14.3 Å². The second-order valence-corrected chi connectivity index (χ2v) is 8.86. The molecule has 0 amide bonds. The Balaban J connectivity index is 1.66. The van der Waals surface area contributed by atoms with Crippen LogP contribution in [0.5, 0.6) is 0 Å². The summed E-state index contributed by atoms with van der Waals surface area (Å²) in [6.45, 7) is 1.05. The van der Waals surface area contributed by atoms with Gasteiger partial charge in [-0.2, -0.15) is 11.8 Å². The van der Waals surface area contributed by atoms with Crippen molar-refractivity contribution in [2.75, 3.05) is 25.1 Å². The van der Waals surface area contributed by atoms with Crippen LogP contribution in [0.4, 0.5) is 5.69 Å². The van der Waals surface area contributed by atoms with Gasteiger partial charge in [0.25, 0.3) is 5.56 Å². The summed E-state index contributed by atoms with van der Waals surface area (Å²) in [5.41, 5.74) is 7.22. The van der Waals surface area contributed by atoms with Crippen molar-refractivity contribution >= 4 is 28.4 Å². The number of anilines is 1. The molecule has 0 saturated heterocycles. The van der Waals surface area contributed by atoms with Crippen LogP contribution in [0.25, 0.3) is 0 Å². The topological polar surface area (TPSA) is 101 Å².